The summed E-state index contributed by atoms with van der Waals surface area (Å²) >= 11 is 12.1. The highest BCUT2D eigenvalue weighted by molar-refractivity contribution is 6.36. The quantitative estimate of drug-likeness (QED) is 0.505. The Hall–Kier alpha value is -1.84. The van der Waals surface area contributed by atoms with Gasteiger partial charge in [-0.1, -0.05) is 48.3 Å². The van der Waals surface area contributed by atoms with Crippen molar-refractivity contribution in [1.82, 2.24) is 0 Å². The fourth-order valence-electron chi connectivity index (χ4n) is 5.98. The molecule has 0 spiro atoms. The van der Waals surface area contributed by atoms with Crippen LogP contribution in [0.4, 0.5) is 4.39 Å². The van der Waals surface area contributed by atoms with Crippen LogP contribution < -0.4 is 0 Å². The van der Waals surface area contributed by atoms with Crippen molar-refractivity contribution in [3.63, 3.8) is 0 Å². The molecule has 2 nitrogen and oxygen atoms in total. The molecular weight excluding hydrogens is 422 g/mol. The van der Waals surface area contributed by atoms with Gasteiger partial charge in [0.2, 0.25) is 0 Å². The number of Topliss-reactive ketones (excluding diaryl/α,β-unsaturated/α-hetero) is 1. The predicted octanol–water partition coefficient (Wildman–Crippen LogP) is 7.27. The molecule has 0 aromatic heterocycles. The minimum atomic E-state index is -0.654. The third-order valence-corrected chi connectivity index (χ3v) is 8.11. The van der Waals surface area contributed by atoms with E-state index in [4.69, 9.17) is 23.2 Å². The van der Waals surface area contributed by atoms with Gasteiger partial charge in [0, 0.05) is 17.4 Å². The van der Waals surface area contributed by atoms with Crippen LogP contribution in [0.3, 0.4) is 0 Å². The lowest BCUT2D eigenvalue weighted by Gasteiger charge is -2.44. The third-order valence-electron chi connectivity index (χ3n) is 7.45. The van der Waals surface area contributed by atoms with Crippen molar-refractivity contribution in [2.24, 2.45) is 23.7 Å². The molecule has 1 N–H and O–H groups in total. The highest BCUT2D eigenvalue weighted by Crippen LogP contribution is 2.57. The van der Waals surface area contributed by atoms with Crippen LogP contribution in [-0.4, -0.2) is 10.9 Å². The zero-order valence-corrected chi connectivity index (χ0v) is 18.2. The Balaban J connectivity index is 1.65. The average molecular weight is 445 g/mol. The van der Waals surface area contributed by atoms with Crippen LogP contribution in [0, 0.1) is 29.5 Å². The van der Waals surface area contributed by atoms with E-state index in [1.165, 1.54) is 6.07 Å². The lowest BCUT2D eigenvalue weighted by atomic mass is 9.59. The van der Waals surface area contributed by atoms with Gasteiger partial charge in [-0.3, -0.25) is 4.79 Å². The van der Waals surface area contributed by atoms with Crippen molar-refractivity contribution < 1.29 is 14.3 Å². The maximum absolute atomic E-state index is 14.3. The third kappa shape index (κ3) is 2.85. The van der Waals surface area contributed by atoms with E-state index in [1.807, 2.05) is 25.1 Å². The van der Waals surface area contributed by atoms with Crippen LogP contribution in [-0.2, 0) is 11.2 Å². The van der Waals surface area contributed by atoms with Gasteiger partial charge >= 0.3 is 0 Å². The normalized spacial score (nSPS) is 27.7. The number of ketones is 1. The first-order valence-corrected chi connectivity index (χ1v) is 11.4. The molecule has 0 saturated heterocycles. The smallest absolute Gasteiger partial charge is 0.170 e. The highest BCUT2D eigenvalue weighted by atomic mass is 35.5. The molecule has 0 heterocycles. The number of aryl methyl sites for hydroxylation is 1. The maximum Gasteiger partial charge on any atom is 0.170 e. The number of allylic oxidation sites excluding steroid dienone is 2. The number of fused-ring (bicyclic) bond motifs is 2. The average Bonchev–Trinajstić information content (AvgIpc) is 3.05. The Kier molecular flexibility index (Phi) is 4.95. The molecule has 0 aliphatic heterocycles. The first-order chi connectivity index (χ1) is 14.4. The standard InChI is InChI=1S/C25H23Cl2FO2/c1-2-12-3-8-15(16-9-10-18(26)23(28)22(16)27)11-17(12)21-24(29)19-13-4-5-14(7-6-13)20(19)25(21)30/h3,8-11,13-14,19-20,29H,2,4-7H2,1H3. The topological polar surface area (TPSA) is 37.3 Å². The Labute approximate surface area is 185 Å². The number of benzene rings is 2. The second-order valence-corrected chi connectivity index (χ2v) is 9.58. The summed E-state index contributed by atoms with van der Waals surface area (Å²) in [6.07, 6.45) is 5.08. The Bertz CT molecular complexity index is 1080. The first-order valence-electron chi connectivity index (χ1n) is 10.7. The summed E-state index contributed by atoms with van der Waals surface area (Å²) in [7, 11) is 0. The van der Waals surface area contributed by atoms with Gasteiger partial charge in [0.15, 0.2) is 11.6 Å². The maximum atomic E-state index is 14.3. The number of halogens is 3. The van der Waals surface area contributed by atoms with Gasteiger partial charge in [0.05, 0.1) is 15.6 Å². The van der Waals surface area contributed by atoms with Gasteiger partial charge in [0.25, 0.3) is 0 Å². The highest BCUT2D eigenvalue weighted by Gasteiger charge is 2.54. The lowest BCUT2D eigenvalue weighted by Crippen LogP contribution is -2.41. The lowest BCUT2D eigenvalue weighted by molar-refractivity contribution is -0.123. The van der Waals surface area contributed by atoms with Gasteiger partial charge < -0.3 is 5.11 Å². The van der Waals surface area contributed by atoms with Crippen LogP contribution in [0.5, 0.6) is 0 Å². The van der Waals surface area contributed by atoms with E-state index in [2.05, 4.69) is 0 Å². The molecule has 2 aromatic rings. The van der Waals surface area contributed by atoms with E-state index >= 15 is 0 Å². The SMILES string of the molecule is CCc1ccc(-c2ccc(Cl)c(F)c2Cl)cc1C1=C(O)C2C3CCC(CC3)C2C1=O. The summed E-state index contributed by atoms with van der Waals surface area (Å²) in [5.41, 5.74) is 3.43. The zero-order chi connectivity index (χ0) is 21.2. The molecule has 3 fully saturated rings. The van der Waals surface area contributed by atoms with Gasteiger partial charge in [-0.25, -0.2) is 4.39 Å². The zero-order valence-electron chi connectivity index (χ0n) is 16.7. The molecule has 3 saturated carbocycles. The molecule has 0 amide bonds. The number of rotatable bonds is 3. The molecule has 5 heteroatoms. The molecule has 2 atom stereocenters. The minimum absolute atomic E-state index is 0.0278. The van der Waals surface area contributed by atoms with Crippen molar-refractivity contribution in [1.29, 1.82) is 0 Å². The van der Waals surface area contributed by atoms with E-state index in [-0.39, 0.29) is 33.4 Å². The van der Waals surface area contributed by atoms with Crippen molar-refractivity contribution in [2.75, 3.05) is 0 Å². The fraction of sp³-hybridized carbons (Fsp3) is 0.400. The molecule has 30 heavy (non-hydrogen) atoms. The molecular formula is C25H23Cl2FO2. The van der Waals surface area contributed by atoms with E-state index in [0.29, 0.717) is 28.5 Å². The van der Waals surface area contributed by atoms with E-state index < -0.39 is 5.82 Å². The van der Waals surface area contributed by atoms with Crippen molar-refractivity contribution in [2.45, 2.75) is 39.0 Å². The van der Waals surface area contributed by atoms with Gasteiger partial charge in [0.1, 0.15) is 5.76 Å². The van der Waals surface area contributed by atoms with Crippen molar-refractivity contribution >= 4 is 34.6 Å². The minimum Gasteiger partial charge on any atom is -0.511 e. The molecule has 4 aliphatic carbocycles. The summed E-state index contributed by atoms with van der Waals surface area (Å²) in [4.78, 5) is 13.5. The number of aliphatic hydroxyl groups is 1. The second-order valence-electron chi connectivity index (χ2n) is 8.80. The van der Waals surface area contributed by atoms with Crippen molar-refractivity contribution in [3.05, 3.63) is 63.1 Å². The molecule has 2 unspecified atom stereocenters. The summed E-state index contributed by atoms with van der Waals surface area (Å²) in [6, 6.07) is 8.86. The second kappa shape index (κ2) is 7.39. The van der Waals surface area contributed by atoms with Crippen LogP contribution in [0.2, 0.25) is 10.0 Å². The number of hydrogen-bond acceptors (Lipinski definition) is 2. The molecule has 0 radical (unpaired) electrons. The van der Waals surface area contributed by atoms with E-state index in [0.717, 1.165) is 43.2 Å². The summed E-state index contributed by atoms with van der Waals surface area (Å²) in [6.45, 7) is 2.03. The van der Waals surface area contributed by atoms with Gasteiger partial charge in [-0.15, -0.1) is 0 Å². The van der Waals surface area contributed by atoms with Gasteiger partial charge in [-0.2, -0.15) is 0 Å². The predicted molar refractivity (Wildman–Crippen MR) is 118 cm³/mol. The number of carbonyl (C=O) groups excluding carboxylic acids is 1. The Morgan fingerprint density at radius 1 is 1.00 bits per heavy atom. The number of hydrogen-bond donors (Lipinski definition) is 1. The molecule has 2 bridgehead atoms. The van der Waals surface area contributed by atoms with Crippen LogP contribution >= 0.6 is 23.2 Å². The van der Waals surface area contributed by atoms with Crippen molar-refractivity contribution in [3.8, 4) is 11.1 Å². The summed E-state index contributed by atoms with van der Waals surface area (Å²) < 4.78 is 14.3. The first kappa shape index (κ1) is 20.1. The van der Waals surface area contributed by atoms with Crippen LogP contribution in [0.25, 0.3) is 16.7 Å². The Morgan fingerprint density at radius 3 is 2.30 bits per heavy atom. The van der Waals surface area contributed by atoms with Crippen LogP contribution in [0.15, 0.2) is 36.1 Å². The number of carbonyl (C=O) groups is 1. The summed E-state index contributed by atoms with van der Waals surface area (Å²) in [5.74, 6) is 0.336. The fourth-order valence-corrected chi connectivity index (χ4v) is 6.46. The van der Waals surface area contributed by atoms with E-state index in [9.17, 15) is 14.3 Å². The van der Waals surface area contributed by atoms with Gasteiger partial charge in [-0.05, 0) is 72.8 Å². The molecule has 156 valence electrons. The monoisotopic (exact) mass is 444 g/mol. The molecule has 2 aromatic carbocycles. The molecule has 6 rings (SSSR count). The van der Waals surface area contributed by atoms with Crippen LogP contribution in [0.1, 0.15) is 43.7 Å². The summed E-state index contributed by atoms with van der Waals surface area (Å²) in [5, 5.41) is 11.1. The van der Waals surface area contributed by atoms with E-state index in [1.54, 1.807) is 6.07 Å². The molecule has 4 aliphatic rings. The largest absolute Gasteiger partial charge is 0.511 e. The Morgan fingerprint density at radius 2 is 1.67 bits per heavy atom. The number of aliphatic hydroxyl groups excluding tert-OH is 1.